The summed E-state index contributed by atoms with van der Waals surface area (Å²) in [5.74, 6) is 2.72. The van der Waals surface area contributed by atoms with Crippen molar-refractivity contribution in [1.82, 2.24) is 15.1 Å². The SMILES string of the molecule is Cc1nc2ccccc2c(N2CCC(c3noc(C4CC4)n3)CC2)c1C. The highest BCUT2D eigenvalue weighted by Crippen LogP contribution is 2.40. The third-order valence-electron chi connectivity index (χ3n) is 5.91. The van der Waals surface area contributed by atoms with Crippen LogP contribution in [0.4, 0.5) is 5.69 Å². The summed E-state index contributed by atoms with van der Waals surface area (Å²) in [5, 5.41) is 5.52. The van der Waals surface area contributed by atoms with Crippen molar-refractivity contribution in [3.05, 3.63) is 47.2 Å². The van der Waals surface area contributed by atoms with E-state index >= 15 is 0 Å². The lowest BCUT2D eigenvalue weighted by Gasteiger charge is -2.34. The highest BCUT2D eigenvalue weighted by Gasteiger charge is 2.32. The monoisotopic (exact) mass is 348 g/mol. The quantitative estimate of drug-likeness (QED) is 0.698. The molecule has 0 amide bonds. The molecule has 0 spiro atoms. The fourth-order valence-corrected chi connectivity index (χ4v) is 4.09. The number of pyridine rings is 1. The number of benzene rings is 1. The smallest absolute Gasteiger partial charge is 0.229 e. The number of nitrogens with zero attached hydrogens (tertiary/aromatic N) is 4. The molecule has 2 aromatic heterocycles. The van der Waals surface area contributed by atoms with E-state index in [9.17, 15) is 0 Å². The summed E-state index contributed by atoms with van der Waals surface area (Å²) >= 11 is 0. The van der Waals surface area contributed by atoms with Crippen LogP contribution in [0.15, 0.2) is 28.8 Å². The summed E-state index contributed by atoms with van der Waals surface area (Å²) < 4.78 is 5.46. The predicted molar refractivity (Wildman–Crippen MR) is 102 cm³/mol. The number of aromatic nitrogens is 3. The van der Waals surface area contributed by atoms with E-state index < -0.39 is 0 Å². The number of fused-ring (bicyclic) bond motifs is 1. The van der Waals surface area contributed by atoms with Crippen molar-refractivity contribution >= 4 is 16.6 Å². The summed E-state index contributed by atoms with van der Waals surface area (Å²) in [5.41, 5.74) is 4.84. The van der Waals surface area contributed by atoms with Crippen LogP contribution in [0.25, 0.3) is 10.9 Å². The van der Waals surface area contributed by atoms with E-state index in [1.54, 1.807) is 0 Å². The molecular weight excluding hydrogens is 324 g/mol. The van der Waals surface area contributed by atoms with Gasteiger partial charge in [0.05, 0.1) is 11.2 Å². The molecule has 26 heavy (non-hydrogen) atoms. The zero-order valence-corrected chi connectivity index (χ0v) is 15.4. The molecule has 2 aliphatic rings. The van der Waals surface area contributed by atoms with Crippen LogP contribution < -0.4 is 4.90 Å². The van der Waals surface area contributed by atoms with Crippen molar-refractivity contribution in [2.24, 2.45) is 0 Å². The summed E-state index contributed by atoms with van der Waals surface area (Å²) in [6.07, 6.45) is 4.54. The summed E-state index contributed by atoms with van der Waals surface area (Å²) in [7, 11) is 0. The Morgan fingerprint density at radius 2 is 1.73 bits per heavy atom. The van der Waals surface area contributed by atoms with Gasteiger partial charge in [-0.3, -0.25) is 4.98 Å². The van der Waals surface area contributed by atoms with Crippen LogP contribution in [-0.4, -0.2) is 28.2 Å². The van der Waals surface area contributed by atoms with Crippen LogP contribution in [0, 0.1) is 13.8 Å². The third-order valence-corrected chi connectivity index (χ3v) is 5.91. The minimum absolute atomic E-state index is 0.414. The second kappa shape index (κ2) is 6.08. The first-order chi connectivity index (χ1) is 12.7. The van der Waals surface area contributed by atoms with Crippen LogP contribution in [0.5, 0.6) is 0 Å². The number of anilines is 1. The molecule has 134 valence electrons. The van der Waals surface area contributed by atoms with Gasteiger partial charge in [0.1, 0.15) is 0 Å². The van der Waals surface area contributed by atoms with Gasteiger partial charge in [0.2, 0.25) is 5.89 Å². The molecule has 3 heterocycles. The minimum Gasteiger partial charge on any atom is -0.371 e. The van der Waals surface area contributed by atoms with Gasteiger partial charge in [0.25, 0.3) is 0 Å². The van der Waals surface area contributed by atoms with E-state index in [0.29, 0.717) is 11.8 Å². The molecule has 0 bridgehead atoms. The van der Waals surface area contributed by atoms with Gasteiger partial charge in [-0.25, -0.2) is 0 Å². The first-order valence-electron chi connectivity index (χ1n) is 9.65. The van der Waals surface area contributed by atoms with Gasteiger partial charge in [0, 0.05) is 36.0 Å². The Bertz CT molecular complexity index is 952. The molecule has 0 N–H and O–H groups in total. The molecule has 1 aliphatic heterocycles. The second-order valence-corrected chi connectivity index (χ2v) is 7.71. The summed E-state index contributed by atoms with van der Waals surface area (Å²) in [4.78, 5) is 11.9. The summed E-state index contributed by atoms with van der Waals surface area (Å²) in [6, 6.07) is 8.47. The zero-order valence-electron chi connectivity index (χ0n) is 15.4. The Balaban J connectivity index is 1.39. The Kier molecular flexibility index (Phi) is 3.69. The van der Waals surface area contributed by atoms with Crippen LogP contribution in [0.3, 0.4) is 0 Å². The Hall–Kier alpha value is -2.43. The average Bonchev–Trinajstić information content (AvgIpc) is 3.40. The summed E-state index contributed by atoms with van der Waals surface area (Å²) in [6.45, 7) is 6.34. The van der Waals surface area contributed by atoms with Gasteiger partial charge in [-0.1, -0.05) is 23.4 Å². The molecule has 5 nitrogen and oxygen atoms in total. The van der Waals surface area contributed by atoms with Crippen molar-refractivity contribution in [2.75, 3.05) is 18.0 Å². The van der Waals surface area contributed by atoms with Crippen molar-refractivity contribution in [3.8, 4) is 0 Å². The molecule has 0 unspecified atom stereocenters. The number of para-hydroxylation sites is 1. The number of rotatable bonds is 3. The number of hydrogen-bond donors (Lipinski definition) is 0. The van der Waals surface area contributed by atoms with E-state index in [0.717, 1.165) is 48.9 Å². The zero-order chi connectivity index (χ0) is 17.7. The van der Waals surface area contributed by atoms with Crippen molar-refractivity contribution < 1.29 is 4.52 Å². The Morgan fingerprint density at radius 1 is 0.962 bits per heavy atom. The van der Waals surface area contributed by atoms with E-state index in [-0.39, 0.29) is 0 Å². The van der Waals surface area contributed by atoms with Gasteiger partial charge >= 0.3 is 0 Å². The number of aryl methyl sites for hydroxylation is 1. The molecule has 1 saturated carbocycles. The highest BCUT2D eigenvalue weighted by molar-refractivity contribution is 5.93. The van der Waals surface area contributed by atoms with E-state index in [1.807, 2.05) is 0 Å². The molecule has 0 atom stereocenters. The van der Waals surface area contributed by atoms with Crippen LogP contribution >= 0.6 is 0 Å². The Labute approximate surface area is 153 Å². The van der Waals surface area contributed by atoms with Crippen molar-refractivity contribution in [1.29, 1.82) is 0 Å². The fraction of sp³-hybridized carbons (Fsp3) is 0.476. The van der Waals surface area contributed by atoms with E-state index in [4.69, 9.17) is 9.51 Å². The van der Waals surface area contributed by atoms with Crippen LogP contribution in [0.1, 0.15) is 60.5 Å². The normalized spacial score (nSPS) is 18.6. The van der Waals surface area contributed by atoms with Gasteiger partial charge in [-0.15, -0.1) is 0 Å². The molecule has 3 aromatic rings. The molecule has 5 heteroatoms. The number of hydrogen-bond acceptors (Lipinski definition) is 5. The minimum atomic E-state index is 0.414. The maximum atomic E-state index is 5.46. The standard InChI is InChI=1S/C21H24N4O/c1-13-14(2)22-18-6-4-3-5-17(18)19(13)25-11-9-15(10-12-25)20-23-21(26-24-20)16-7-8-16/h3-6,15-16H,7-12H2,1-2H3. The predicted octanol–water partition coefficient (Wildman–Crippen LogP) is 4.50. The molecule has 1 saturated heterocycles. The van der Waals surface area contributed by atoms with E-state index in [2.05, 4.69) is 53.2 Å². The maximum Gasteiger partial charge on any atom is 0.229 e. The van der Waals surface area contributed by atoms with E-state index in [1.165, 1.54) is 29.5 Å². The van der Waals surface area contributed by atoms with Crippen LogP contribution in [-0.2, 0) is 0 Å². The molecule has 0 radical (unpaired) electrons. The van der Waals surface area contributed by atoms with Gasteiger partial charge < -0.3 is 9.42 Å². The molecular formula is C21H24N4O. The Morgan fingerprint density at radius 3 is 2.50 bits per heavy atom. The third kappa shape index (κ3) is 2.66. The van der Waals surface area contributed by atoms with Crippen molar-refractivity contribution in [2.45, 2.75) is 51.4 Å². The number of piperidine rings is 1. The molecule has 1 aromatic carbocycles. The molecule has 2 fully saturated rings. The molecule has 5 rings (SSSR count). The molecule has 1 aliphatic carbocycles. The second-order valence-electron chi connectivity index (χ2n) is 7.71. The van der Waals surface area contributed by atoms with Gasteiger partial charge in [-0.05, 0) is 51.2 Å². The highest BCUT2D eigenvalue weighted by atomic mass is 16.5. The largest absolute Gasteiger partial charge is 0.371 e. The lowest BCUT2D eigenvalue weighted by atomic mass is 9.94. The fourth-order valence-electron chi connectivity index (χ4n) is 4.09. The lowest BCUT2D eigenvalue weighted by Crippen LogP contribution is -2.34. The lowest BCUT2D eigenvalue weighted by molar-refractivity contribution is 0.365. The average molecular weight is 348 g/mol. The van der Waals surface area contributed by atoms with Gasteiger partial charge in [0.15, 0.2) is 5.82 Å². The van der Waals surface area contributed by atoms with Crippen molar-refractivity contribution in [3.63, 3.8) is 0 Å². The van der Waals surface area contributed by atoms with Gasteiger partial charge in [-0.2, -0.15) is 4.98 Å². The topological polar surface area (TPSA) is 55.1 Å². The van der Waals surface area contributed by atoms with Crippen LogP contribution in [0.2, 0.25) is 0 Å². The first-order valence-corrected chi connectivity index (χ1v) is 9.65. The first kappa shape index (κ1) is 15.8. The maximum absolute atomic E-state index is 5.46.